The Morgan fingerprint density at radius 2 is 2.05 bits per heavy atom. The molecule has 116 valence electrons. The number of carboxylic acid groups (broad SMARTS) is 1. The second-order valence-corrected chi connectivity index (χ2v) is 7.81. The van der Waals surface area contributed by atoms with Gasteiger partial charge in [0, 0.05) is 12.1 Å². The molecule has 0 unspecified atom stereocenters. The maximum absolute atomic E-state index is 12.9. The van der Waals surface area contributed by atoms with Gasteiger partial charge in [-0.15, -0.1) is 0 Å². The Morgan fingerprint density at radius 3 is 2.52 bits per heavy atom. The minimum absolute atomic E-state index is 0.00257. The molecular formula is C15H21NO4S. The summed E-state index contributed by atoms with van der Waals surface area (Å²) in [6.07, 6.45) is 2.18. The molecule has 2 rings (SSSR count). The normalized spacial score (nSPS) is 18.8. The second-order valence-electron chi connectivity index (χ2n) is 5.97. The fourth-order valence-electron chi connectivity index (χ4n) is 2.87. The van der Waals surface area contributed by atoms with E-state index in [1.165, 1.54) is 16.4 Å². The Bertz CT molecular complexity index is 664. The van der Waals surface area contributed by atoms with E-state index in [9.17, 15) is 13.2 Å². The van der Waals surface area contributed by atoms with E-state index in [-0.39, 0.29) is 10.5 Å². The van der Waals surface area contributed by atoms with Crippen LogP contribution in [-0.4, -0.2) is 35.9 Å². The van der Waals surface area contributed by atoms with Crippen LogP contribution in [0.1, 0.15) is 49.5 Å². The van der Waals surface area contributed by atoms with Crippen LogP contribution in [0.25, 0.3) is 0 Å². The summed E-state index contributed by atoms with van der Waals surface area (Å²) >= 11 is 0. The number of hydrogen-bond donors (Lipinski definition) is 1. The van der Waals surface area contributed by atoms with Crippen LogP contribution < -0.4 is 0 Å². The van der Waals surface area contributed by atoms with E-state index in [1.54, 1.807) is 6.07 Å². The van der Waals surface area contributed by atoms with Gasteiger partial charge in [0.05, 0.1) is 10.5 Å². The molecule has 21 heavy (non-hydrogen) atoms. The number of carbonyl (C=O) groups is 1. The molecule has 0 saturated carbocycles. The third kappa shape index (κ3) is 2.82. The van der Waals surface area contributed by atoms with Gasteiger partial charge in [0.1, 0.15) is 0 Å². The van der Waals surface area contributed by atoms with Crippen molar-refractivity contribution in [1.82, 2.24) is 4.31 Å². The largest absolute Gasteiger partial charge is 0.478 e. The van der Waals surface area contributed by atoms with Crippen molar-refractivity contribution in [2.45, 2.75) is 50.5 Å². The van der Waals surface area contributed by atoms with Crippen molar-refractivity contribution in [3.63, 3.8) is 0 Å². The number of rotatable bonds is 4. The molecule has 5 nitrogen and oxygen atoms in total. The number of aryl methyl sites for hydroxylation is 1. The van der Waals surface area contributed by atoms with Crippen molar-refractivity contribution in [3.05, 3.63) is 29.3 Å². The minimum Gasteiger partial charge on any atom is -0.478 e. The molecule has 0 aliphatic carbocycles. The van der Waals surface area contributed by atoms with Crippen LogP contribution in [-0.2, 0) is 16.4 Å². The first-order valence-electron chi connectivity index (χ1n) is 7.09. The first kappa shape index (κ1) is 16.0. The van der Waals surface area contributed by atoms with Gasteiger partial charge < -0.3 is 5.11 Å². The first-order valence-corrected chi connectivity index (χ1v) is 8.53. The lowest BCUT2D eigenvalue weighted by atomic mass is 10.0. The molecule has 0 amide bonds. The van der Waals surface area contributed by atoms with Gasteiger partial charge in [-0.3, -0.25) is 0 Å². The summed E-state index contributed by atoms with van der Waals surface area (Å²) in [6, 6.07) is 4.33. The van der Waals surface area contributed by atoms with Gasteiger partial charge in [-0.2, -0.15) is 4.31 Å². The zero-order chi connectivity index (χ0) is 15.8. The van der Waals surface area contributed by atoms with E-state index in [4.69, 9.17) is 5.11 Å². The zero-order valence-electron chi connectivity index (χ0n) is 12.6. The van der Waals surface area contributed by atoms with Gasteiger partial charge in [-0.25, -0.2) is 13.2 Å². The molecule has 1 N–H and O–H groups in total. The molecule has 6 heteroatoms. The summed E-state index contributed by atoms with van der Waals surface area (Å²) in [5.41, 5.74) is 0.230. The Morgan fingerprint density at radius 1 is 1.38 bits per heavy atom. The number of hydrogen-bond acceptors (Lipinski definition) is 3. The third-order valence-corrected chi connectivity index (χ3v) is 6.28. The molecule has 0 atom stereocenters. The molecule has 1 saturated heterocycles. The number of carboxylic acids is 1. The summed E-state index contributed by atoms with van der Waals surface area (Å²) in [5, 5.41) is 9.10. The van der Waals surface area contributed by atoms with E-state index < -0.39 is 21.5 Å². The molecule has 1 aromatic rings. The Labute approximate surface area is 125 Å². The Balaban J connectivity index is 2.58. The van der Waals surface area contributed by atoms with Crippen molar-refractivity contribution in [2.24, 2.45) is 0 Å². The predicted octanol–water partition coefficient (Wildman–Crippen LogP) is 2.51. The van der Waals surface area contributed by atoms with Crippen LogP contribution in [0.4, 0.5) is 0 Å². The average molecular weight is 311 g/mol. The first-order chi connectivity index (χ1) is 9.70. The van der Waals surface area contributed by atoms with Gasteiger partial charge in [-0.1, -0.05) is 13.0 Å². The van der Waals surface area contributed by atoms with Gasteiger partial charge >= 0.3 is 5.97 Å². The highest BCUT2D eigenvalue weighted by Crippen LogP contribution is 2.35. The van der Waals surface area contributed by atoms with Gasteiger partial charge in [-0.05, 0) is 50.8 Å². The molecule has 1 heterocycles. The number of nitrogens with zero attached hydrogens (tertiary/aromatic N) is 1. The van der Waals surface area contributed by atoms with Crippen molar-refractivity contribution >= 4 is 16.0 Å². The maximum Gasteiger partial charge on any atom is 0.335 e. The van der Waals surface area contributed by atoms with E-state index in [2.05, 4.69) is 0 Å². The highest BCUT2D eigenvalue weighted by molar-refractivity contribution is 7.89. The zero-order valence-corrected chi connectivity index (χ0v) is 13.4. The minimum atomic E-state index is -3.68. The summed E-state index contributed by atoms with van der Waals surface area (Å²) in [6.45, 7) is 6.16. The lowest BCUT2D eigenvalue weighted by molar-refractivity contribution is 0.0696. The monoisotopic (exact) mass is 311 g/mol. The van der Waals surface area contributed by atoms with E-state index in [1.807, 2.05) is 20.8 Å². The molecule has 0 spiro atoms. The quantitative estimate of drug-likeness (QED) is 0.927. The smallest absolute Gasteiger partial charge is 0.335 e. The van der Waals surface area contributed by atoms with Crippen LogP contribution in [0.2, 0.25) is 0 Å². The SMILES string of the molecule is CCc1ccc(C(=O)O)cc1S(=O)(=O)N1CCCC1(C)C. The summed E-state index contributed by atoms with van der Waals surface area (Å²) in [7, 11) is -3.68. The van der Waals surface area contributed by atoms with Gasteiger partial charge in [0.25, 0.3) is 0 Å². The second kappa shape index (κ2) is 5.42. The third-order valence-electron chi connectivity index (χ3n) is 4.09. The van der Waals surface area contributed by atoms with Gasteiger partial charge in [0.15, 0.2) is 0 Å². The van der Waals surface area contributed by atoms with Crippen molar-refractivity contribution < 1.29 is 18.3 Å². The fraction of sp³-hybridized carbons (Fsp3) is 0.533. The Kier molecular flexibility index (Phi) is 4.13. The van der Waals surface area contributed by atoms with Crippen LogP contribution >= 0.6 is 0 Å². The van der Waals surface area contributed by atoms with Crippen molar-refractivity contribution in [1.29, 1.82) is 0 Å². The maximum atomic E-state index is 12.9. The molecule has 1 fully saturated rings. The molecule has 0 bridgehead atoms. The summed E-state index contributed by atoms with van der Waals surface area (Å²) in [4.78, 5) is 11.2. The summed E-state index contributed by atoms with van der Waals surface area (Å²) < 4.78 is 27.4. The number of benzene rings is 1. The van der Waals surface area contributed by atoms with Crippen LogP contribution in [0.15, 0.2) is 23.1 Å². The topological polar surface area (TPSA) is 74.7 Å². The lowest BCUT2D eigenvalue weighted by Crippen LogP contribution is -2.42. The van der Waals surface area contributed by atoms with Crippen LogP contribution in [0.3, 0.4) is 0 Å². The lowest BCUT2D eigenvalue weighted by Gasteiger charge is -2.31. The standard InChI is InChI=1S/C15H21NO4S/c1-4-11-6-7-12(14(17)18)10-13(11)21(19,20)16-9-5-8-15(16,2)3/h6-7,10H,4-5,8-9H2,1-3H3,(H,17,18). The molecular weight excluding hydrogens is 290 g/mol. The molecule has 0 aromatic heterocycles. The fourth-order valence-corrected chi connectivity index (χ4v) is 5.04. The van der Waals surface area contributed by atoms with Crippen molar-refractivity contribution in [2.75, 3.05) is 6.54 Å². The van der Waals surface area contributed by atoms with Crippen LogP contribution in [0, 0.1) is 0 Å². The van der Waals surface area contributed by atoms with E-state index in [0.717, 1.165) is 12.8 Å². The highest BCUT2D eigenvalue weighted by atomic mass is 32.2. The Hall–Kier alpha value is -1.40. The molecule has 0 radical (unpaired) electrons. The van der Waals surface area contributed by atoms with E-state index in [0.29, 0.717) is 18.5 Å². The average Bonchev–Trinajstić information content (AvgIpc) is 2.78. The number of aromatic carboxylic acids is 1. The predicted molar refractivity (Wildman–Crippen MR) is 80.0 cm³/mol. The van der Waals surface area contributed by atoms with Crippen molar-refractivity contribution in [3.8, 4) is 0 Å². The summed E-state index contributed by atoms with van der Waals surface area (Å²) in [5.74, 6) is -1.12. The molecule has 1 aliphatic rings. The van der Waals surface area contributed by atoms with E-state index >= 15 is 0 Å². The van der Waals surface area contributed by atoms with Gasteiger partial charge in [0.2, 0.25) is 10.0 Å². The number of sulfonamides is 1. The van der Waals surface area contributed by atoms with Crippen LogP contribution in [0.5, 0.6) is 0 Å². The molecule has 1 aromatic carbocycles. The molecule has 1 aliphatic heterocycles. The highest BCUT2D eigenvalue weighted by Gasteiger charge is 2.41.